The fraction of sp³-hybridized carbons (Fsp3) is 0.455. The number of rotatable bonds is 4. The molecule has 3 aromatic rings. The van der Waals surface area contributed by atoms with Gasteiger partial charge in [-0.25, -0.2) is 9.97 Å². The van der Waals surface area contributed by atoms with Crippen LogP contribution in [0, 0.1) is 13.8 Å². The first-order chi connectivity index (χ1) is 13.6. The summed E-state index contributed by atoms with van der Waals surface area (Å²) in [6, 6.07) is 7.87. The molecule has 4 rings (SSSR count). The van der Waals surface area contributed by atoms with Crippen molar-refractivity contribution in [2.24, 2.45) is 0 Å². The molecule has 2 aromatic heterocycles. The molecule has 0 bridgehead atoms. The van der Waals surface area contributed by atoms with Crippen LogP contribution in [-0.4, -0.2) is 32.6 Å². The van der Waals surface area contributed by atoms with E-state index in [1.807, 2.05) is 19.1 Å². The van der Waals surface area contributed by atoms with Crippen LogP contribution in [0.15, 0.2) is 24.3 Å². The molecule has 2 heterocycles. The maximum atomic E-state index is 9.99. The lowest BCUT2D eigenvalue weighted by Crippen LogP contribution is -2.20. The van der Waals surface area contributed by atoms with Crippen molar-refractivity contribution >= 4 is 11.6 Å². The molecule has 0 radical (unpaired) electrons. The number of hydrogen-bond donors (Lipinski definition) is 2. The van der Waals surface area contributed by atoms with E-state index in [9.17, 15) is 5.11 Å². The lowest BCUT2D eigenvalue weighted by molar-refractivity contribution is 0.373. The summed E-state index contributed by atoms with van der Waals surface area (Å²) >= 11 is 0. The third-order valence-corrected chi connectivity index (χ3v) is 5.56. The molecule has 0 saturated heterocycles. The Labute approximate surface area is 165 Å². The second-order valence-corrected chi connectivity index (χ2v) is 7.70. The number of nitrogens with zero attached hydrogens (tertiary/aromatic N) is 3. The molecular weight excluding hydrogens is 352 g/mol. The Balaban J connectivity index is 1.86. The van der Waals surface area contributed by atoms with E-state index in [2.05, 4.69) is 27.7 Å². The highest BCUT2D eigenvalue weighted by molar-refractivity contribution is 5.77. The number of aromatic nitrogens is 3. The smallest absolute Gasteiger partial charge is 0.236 e. The third-order valence-electron chi connectivity index (χ3n) is 5.56. The molecule has 1 aliphatic rings. The van der Waals surface area contributed by atoms with Gasteiger partial charge in [0.25, 0.3) is 0 Å². The van der Waals surface area contributed by atoms with E-state index in [4.69, 9.17) is 9.72 Å². The van der Waals surface area contributed by atoms with Crippen molar-refractivity contribution in [3.05, 3.63) is 35.7 Å². The van der Waals surface area contributed by atoms with E-state index in [0.29, 0.717) is 17.6 Å². The quantitative estimate of drug-likeness (QED) is 0.632. The first kappa shape index (κ1) is 18.6. The van der Waals surface area contributed by atoms with Crippen LogP contribution in [0.1, 0.15) is 49.9 Å². The molecule has 1 aromatic carbocycles. The van der Waals surface area contributed by atoms with E-state index >= 15 is 0 Å². The number of aryl methyl sites for hydroxylation is 2. The van der Waals surface area contributed by atoms with Crippen LogP contribution < -0.4 is 10.1 Å². The zero-order valence-corrected chi connectivity index (χ0v) is 16.8. The monoisotopic (exact) mass is 380 g/mol. The minimum Gasteiger partial charge on any atom is -0.504 e. The van der Waals surface area contributed by atoms with Gasteiger partial charge in [-0.3, -0.25) is 4.40 Å². The summed E-state index contributed by atoms with van der Waals surface area (Å²) in [5.74, 6) is 2.23. The van der Waals surface area contributed by atoms with Crippen LogP contribution in [-0.2, 0) is 0 Å². The summed E-state index contributed by atoms with van der Waals surface area (Å²) in [4.78, 5) is 9.50. The SMILES string of the molecule is COc1cc(-c2nc3nc(C)cc(C)n3c2NC2CCCCCC2)ccc1O. The van der Waals surface area contributed by atoms with Crippen molar-refractivity contribution in [1.82, 2.24) is 14.4 Å². The minimum atomic E-state index is 0.124. The molecule has 1 fully saturated rings. The van der Waals surface area contributed by atoms with Gasteiger partial charge in [0, 0.05) is 23.0 Å². The van der Waals surface area contributed by atoms with Crippen LogP contribution in [0.2, 0.25) is 0 Å². The van der Waals surface area contributed by atoms with Gasteiger partial charge in [0.15, 0.2) is 11.5 Å². The number of ether oxygens (including phenoxy) is 1. The molecule has 6 nitrogen and oxygen atoms in total. The number of aromatic hydroxyl groups is 1. The molecular formula is C22H28N4O2. The first-order valence-electron chi connectivity index (χ1n) is 10.1. The molecule has 0 aliphatic heterocycles. The fourth-order valence-corrected chi connectivity index (χ4v) is 4.15. The summed E-state index contributed by atoms with van der Waals surface area (Å²) in [6.45, 7) is 4.08. The second kappa shape index (κ2) is 7.70. The Bertz CT molecular complexity index is 988. The van der Waals surface area contributed by atoms with Crippen molar-refractivity contribution < 1.29 is 9.84 Å². The summed E-state index contributed by atoms with van der Waals surface area (Å²) < 4.78 is 7.41. The lowest BCUT2D eigenvalue weighted by atomic mass is 10.1. The van der Waals surface area contributed by atoms with Crippen LogP contribution in [0.25, 0.3) is 17.0 Å². The van der Waals surface area contributed by atoms with Gasteiger partial charge in [0.1, 0.15) is 11.5 Å². The maximum absolute atomic E-state index is 9.99. The number of methoxy groups -OCH3 is 1. The molecule has 1 aliphatic carbocycles. The van der Waals surface area contributed by atoms with Crippen LogP contribution in [0.4, 0.5) is 5.82 Å². The first-order valence-corrected chi connectivity index (χ1v) is 10.1. The van der Waals surface area contributed by atoms with Crippen LogP contribution in [0.5, 0.6) is 11.5 Å². The van der Waals surface area contributed by atoms with Gasteiger partial charge in [0.05, 0.1) is 7.11 Å². The third kappa shape index (κ3) is 3.51. The van der Waals surface area contributed by atoms with Gasteiger partial charge in [-0.15, -0.1) is 0 Å². The Kier molecular flexibility index (Phi) is 5.11. The number of phenols is 1. The fourth-order valence-electron chi connectivity index (χ4n) is 4.15. The van der Waals surface area contributed by atoms with Gasteiger partial charge >= 0.3 is 0 Å². The van der Waals surface area contributed by atoms with E-state index in [0.717, 1.165) is 28.5 Å². The Morgan fingerprint density at radius 2 is 1.82 bits per heavy atom. The molecule has 1 saturated carbocycles. The number of imidazole rings is 1. The summed E-state index contributed by atoms with van der Waals surface area (Å²) in [6.07, 6.45) is 7.48. The average molecular weight is 380 g/mol. The summed E-state index contributed by atoms with van der Waals surface area (Å²) in [5, 5.41) is 13.8. The molecule has 2 N–H and O–H groups in total. The Morgan fingerprint density at radius 3 is 2.54 bits per heavy atom. The average Bonchev–Trinajstić information content (AvgIpc) is 2.84. The van der Waals surface area contributed by atoms with E-state index < -0.39 is 0 Å². The van der Waals surface area contributed by atoms with Gasteiger partial charge < -0.3 is 15.2 Å². The number of nitrogens with one attached hydrogen (secondary N) is 1. The predicted octanol–water partition coefficient (Wildman–Crippen LogP) is 4.86. The zero-order chi connectivity index (χ0) is 19.7. The number of hydrogen-bond acceptors (Lipinski definition) is 5. The van der Waals surface area contributed by atoms with Crippen LogP contribution in [0.3, 0.4) is 0 Å². The largest absolute Gasteiger partial charge is 0.504 e. The number of anilines is 1. The number of fused-ring (bicyclic) bond motifs is 1. The van der Waals surface area contributed by atoms with Crippen molar-refractivity contribution in [2.45, 2.75) is 58.4 Å². The number of benzene rings is 1. The highest BCUT2D eigenvalue weighted by Gasteiger charge is 2.21. The highest BCUT2D eigenvalue weighted by Crippen LogP contribution is 2.36. The lowest BCUT2D eigenvalue weighted by Gasteiger charge is -2.19. The summed E-state index contributed by atoms with van der Waals surface area (Å²) in [7, 11) is 1.56. The predicted molar refractivity (Wildman–Crippen MR) is 111 cm³/mol. The van der Waals surface area contributed by atoms with Crippen LogP contribution >= 0.6 is 0 Å². The summed E-state index contributed by atoms with van der Waals surface area (Å²) in [5.41, 5.74) is 3.78. The minimum absolute atomic E-state index is 0.124. The Morgan fingerprint density at radius 1 is 1.07 bits per heavy atom. The second-order valence-electron chi connectivity index (χ2n) is 7.70. The molecule has 6 heteroatoms. The van der Waals surface area contributed by atoms with Gasteiger partial charge in [-0.05, 0) is 51.0 Å². The van der Waals surface area contributed by atoms with Gasteiger partial charge in [-0.1, -0.05) is 25.7 Å². The molecule has 0 unspecified atom stereocenters. The number of phenolic OH excluding ortho intramolecular Hbond substituents is 1. The Hall–Kier alpha value is -2.76. The maximum Gasteiger partial charge on any atom is 0.236 e. The van der Waals surface area contributed by atoms with E-state index in [1.54, 1.807) is 13.2 Å². The standard InChI is InChI=1S/C22H28N4O2/c1-14-12-15(2)26-21(24-17-8-6-4-5-7-9-17)20(25-22(26)23-14)16-10-11-18(27)19(13-16)28-3/h10-13,17,24,27H,4-9H2,1-3H3. The molecule has 148 valence electrons. The molecule has 28 heavy (non-hydrogen) atoms. The van der Waals surface area contributed by atoms with Crippen molar-refractivity contribution in [2.75, 3.05) is 12.4 Å². The van der Waals surface area contributed by atoms with Gasteiger partial charge in [0.2, 0.25) is 5.78 Å². The molecule has 0 spiro atoms. The topological polar surface area (TPSA) is 71.7 Å². The van der Waals surface area contributed by atoms with Crippen molar-refractivity contribution in [1.29, 1.82) is 0 Å². The van der Waals surface area contributed by atoms with E-state index in [-0.39, 0.29) is 5.75 Å². The van der Waals surface area contributed by atoms with E-state index in [1.165, 1.54) is 38.5 Å². The molecule has 0 amide bonds. The normalized spacial score (nSPS) is 15.5. The highest BCUT2D eigenvalue weighted by atomic mass is 16.5. The van der Waals surface area contributed by atoms with Gasteiger partial charge in [-0.2, -0.15) is 0 Å². The van der Waals surface area contributed by atoms with Crippen molar-refractivity contribution in [3.63, 3.8) is 0 Å². The molecule has 0 atom stereocenters. The zero-order valence-electron chi connectivity index (χ0n) is 16.8. The van der Waals surface area contributed by atoms with Crippen molar-refractivity contribution in [3.8, 4) is 22.8 Å².